The Bertz CT molecular complexity index is 198. The van der Waals surface area contributed by atoms with Crippen molar-refractivity contribution in [1.29, 1.82) is 0 Å². The number of rotatable bonds is 3. The summed E-state index contributed by atoms with van der Waals surface area (Å²) in [5.41, 5.74) is 0. The van der Waals surface area contributed by atoms with E-state index in [4.69, 9.17) is 0 Å². The maximum absolute atomic E-state index is 11.8. The van der Waals surface area contributed by atoms with Crippen LogP contribution in [0.5, 0.6) is 0 Å². The summed E-state index contributed by atoms with van der Waals surface area (Å²) in [5, 5.41) is 3.11. The Morgan fingerprint density at radius 3 is 2.47 bits per heavy atom. The van der Waals surface area contributed by atoms with Crippen molar-refractivity contribution in [2.24, 2.45) is 5.92 Å². The van der Waals surface area contributed by atoms with Crippen molar-refractivity contribution in [3.8, 4) is 0 Å². The molecule has 3 heteroatoms. The van der Waals surface area contributed by atoms with Gasteiger partial charge in [0.2, 0.25) is 0 Å². The third-order valence-corrected chi connectivity index (χ3v) is 2.92. The van der Waals surface area contributed by atoms with E-state index in [9.17, 15) is 4.79 Å². The Hall–Kier alpha value is -0.730. The van der Waals surface area contributed by atoms with Crippen molar-refractivity contribution in [2.75, 3.05) is 13.6 Å². The molecule has 1 N–H and O–H groups in total. The van der Waals surface area contributed by atoms with E-state index in [0.717, 1.165) is 19.4 Å². The van der Waals surface area contributed by atoms with Gasteiger partial charge >= 0.3 is 6.03 Å². The second kappa shape index (κ2) is 5.99. The molecule has 0 radical (unpaired) electrons. The van der Waals surface area contributed by atoms with Crippen LogP contribution in [0.3, 0.4) is 0 Å². The molecule has 2 amide bonds. The fourth-order valence-corrected chi connectivity index (χ4v) is 2.16. The van der Waals surface area contributed by atoms with E-state index >= 15 is 0 Å². The van der Waals surface area contributed by atoms with Crippen LogP contribution in [0, 0.1) is 5.92 Å². The molecule has 1 saturated carbocycles. The zero-order valence-electron chi connectivity index (χ0n) is 10.3. The molecule has 0 atom stereocenters. The molecule has 15 heavy (non-hydrogen) atoms. The summed E-state index contributed by atoms with van der Waals surface area (Å²) < 4.78 is 0. The van der Waals surface area contributed by atoms with Gasteiger partial charge in [0.1, 0.15) is 0 Å². The number of carbonyl (C=O) groups is 1. The molecular weight excluding hydrogens is 188 g/mol. The Kier molecular flexibility index (Phi) is 4.92. The highest BCUT2D eigenvalue weighted by atomic mass is 16.2. The fraction of sp³-hybridized carbons (Fsp3) is 0.917. The second-order valence-electron chi connectivity index (χ2n) is 5.06. The van der Waals surface area contributed by atoms with Crippen LogP contribution in [0.1, 0.15) is 46.0 Å². The molecule has 1 fully saturated rings. The van der Waals surface area contributed by atoms with E-state index in [2.05, 4.69) is 19.2 Å². The lowest BCUT2D eigenvalue weighted by atomic mass is 9.96. The van der Waals surface area contributed by atoms with Gasteiger partial charge in [0.05, 0.1) is 0 Å². The van der Waals surface area contributed by atoms with Gasteiger partial charge in [-0.1, -0.05) is 33.1 Å². The van der Waals surface area contributed by atoms with Crippen LogP contribution < -0.4 is 5.32 Å². The fourth-order valence-electron chi connectivity index (χ4n) is 2.16. The molecule has 0 unspecified atom stereocenters. The van der Waals surface area contributed by atoms with Crippen LogP contribution in [0.25, 0.3) is 0 Å². The van der Waals surface area contributed by atoms with E-state index in [1.165, 1.54) is 19.3 Å². The number of carbonyl (C=O) groups excluding carboxylic acids is 1. The maximum Gasteiger partial charge on any atom is 0.317 e. The van der Waals surface area contributed by atoms with Crippen molar-refractivity contribution < 1.29 is 4.79 Å². The summed E-state index contributed by atoms with van der Waals surface area (Å²) in [7, 11) is 1.87. The molecule has 0 heterocycles. The Morgan fingerprint density at radius 1 is 1.33 bits per heavy atom. The number of nitrogens with zero attached hydrogens (tertiary/aromatic N) is 1. The number of amides is 2. The zero-order chi connectivity index (χ0) is 11.3. The first kappa shape index (κ1) is 12.3. The predicted molar refractivity (Wildman–Crippen MR) is 62.9 cm³/mol. The van der Waals surface area contributed by atoms with Crippen molar-refractivity contribution in [3.05, 3.63) is 0 Å². The molecule has 0 saturated heterocycles. The highest BCUT2D eigenvalue weighted by Crippen LogP contribution is 2.17. The molecule has 3 nitrogen and oxygen atoms in total. The predicted octanol–water partition coefficient (Wildman–Crippen LogP) is 2.62. The lowest BCUT2D eigenvalue weighted by Gasteiger charge is -2.26. The molecule has 0 aromatic heterocycles. The van der Waals surface area contributed by atoms with Crippen LogP contribution in [0.4, 0.5) is 4.79 Å². The van der Waals surface area contributed by atoms with Crippen molar-refractivity contribution in [3.63, 3.8) is 0 Å². The molecule has 1 aliphatic carbocycles. The smallest absolute Gasteiger partial charge is 0.317 e. The topological polar surface area (TPSA) is 32.3 Å². The zero-order valence-corrected chi connectivity index (χ0v) is 10.3. The normalized spacial score (nSPS) is 17.9. The van der Waals surface area contributed by atoms with Crippen LogP contribution in [0.2, 0.25) is 0 Å². The highest BCUT2D eigenvalue weighted by Gasteiger charge is 2.17. The van der Waals surface area contributed by atoms with Gasteiger partial charge in [0, 0.05) is 19.6 Å². The monoisotopic (exact) mass is 212 g/mol. The van der Waals surface area contributed by atoms with E-state index in [1.54, 1.807) is 4.90 Å². The van der Waals surface area contributed by atoms with Crippen LogP contribution in [0.15, 0.2) is 0 Å². The summed E-state index contributed by atoms with van der Waals surface area (Å²) in [6.07, 6.45) is 6.16. The third kappa shape index (κ3) is 4.54. The van der Waals surface area contributed by atoms with E-state index in [1.807, 2.05) is 7.05 Å². The van der Waals surface area contributed by atoms with Gasteiger partial charge in [-0.05, 0) is 18.8 Å². The van der Waals surface area contributed by atoms with Gasteiger partial charge in [0.25, 0.3) is 0 Å². The molecule has 1 aliphatic rings. The molecule has 1 rings (SSSR count). The average Bonchev–Trinajstić information content (AvgIpc) is 2.18. The summed E-state index contributed by atoms with van der Waals surface area (Å²) >= 11 is 0. The minimum atomic E-state index is 0.0931. The van der Waals surface area contributed by atoms with Crippen molar-refractivity contribution in [1.82, 2.24) is 10.2 Å². The second-order valence-corrected chi connectivity index (χ2v) is 5.06. The molecule has 88 valence electrons. The van der Waals surface area contributed by atoms with Crippen molar-refractivity contribution in [2.45, 2.75) is 52.0 Å². The number of urea groups is 1. The lowest BCUT2D eigenvalue weighted by Crippen LogP contribution is -2.44. The van der Waals surface area contributed by atoms with Crippen LogP contribution in [-0.4, -0.2) is 30.6 Å². The highest BCUT2D eigenvalue weighted by molar-refractivity contribution is 5.74. The van der Waals surface area contributed by atoms with Gasteiger partial charge in [-0.2, -0.15) is 0 Å². The van der Waals surface area contributed by atoms with E-state index in [-0.39, 0.29) is 6.03 Å². The summed E-state index contributed by atoms with van der Waals surface area (Å²) in [6.45, 7) is 5.09. The lowest BCUT2D eigenvalue weighted by molar-refractivity contribution is 0.195. The summed E-state index contributed by atoms with van der Waals surface area (Å²) in [6, 6.07) is 0.511. The molecule has 0 aromatic carbocycles. The molecule has 0 bridgehead atoms. The summed E-state index contributed by atoms with van der Waals surface area (Å²) in [5.74, 6) is 0.534. The molecular formula is C12H24N2O. The first-order valence-electron chi connectivity index (χ1n) is 6.11. The third-order valence-electron chi connectivity index (χ3n) is 2.92. The quantitative estimate of drug-likeness (QED) is 0.766. The first-order chi connectivity index (χ1) is 7.09. The first-order valence-corrected chi connectivity index (χ1v) is 6.11. The van der Waals surface area contributed by atoms with E-state index in [0.29, 0.717) is 12.0 Å². The molecule has 0 aliphatic heterocycles. The largest absolute Gasteiger partial charge is 0.335 e. The van der Waals surface area contributed by atoms with Crippen molar-refractivity contribution >= 4 is 6.03 Å². The maximum atomic E-state index is 11.8. The minimum Gasteiger partial charge on any atom is -0.335 e. The molecule has 0 spiro atoms. The Balaban J connectivity index is 2.27. The SMILES string of the molecule is CC(C)CN(C)C(=O)NC1CCCCC1. The van der Waals surface area contributed by atoms with Crippen LogP contribution in [-0.2, 0) is 0 Å². The Morgan fingerprint density at radius 2 is 1.93 bits per heavy atom. The van der Waals surface area contributed by atoms with Crippen LogP contribution >= 0.6 is 0 Å². The number of hydrogen-bond donors (Lipinski definition) is 1. The van der Waals surface area contributed by atoms with Gasteiger partial charge in [-0.15, -0.1) is 0 Å². The number of nitrogens with one attached hydrogen (secondary N) is 1. The average molecular weight is 212 g/mol. The molecule has 0 aromatic rings. The van der Waals surface area contributed by atoms with Gasteiger partial charge < -0.3 is 10.2 Å². The van der Waals surface area contributed by atoms with Gasteiger partial charge in [0.15, 0.2) is 0 Å². The minimum absolute atomic E-state index is 0.0931. The van der Waals surface area contributed by atoms with Gasteiger partial charge in [-0.3, -0.25) is 0 Å². The van der Waals surface area contributed by atoms with Gasteiger partial charge in [-0.25, -0.2) is 4.79 Å². The van der Waals surface area contributed by atoms with E-state index < -0.39 is 0 Å². The standard InChI is InChI=1S/C12H24N2O/c1-10(2)9-14(3)12(15)13-11-7-5-4-6-8-11/h10-11H,4-9H2,1-3H3,(H,13,15). The number of hydrogen-bond acceptors (Lipinski definition) is 1. The summed E-state index contributed by atoms with van der Waals surface area (Å²) in [4.78, 5) is 13.6. The Labute approximate surface area is 93.2 Å².